The molecule has 1 aromatic carbocycles. The molecule has 1 aliphatic carbocycles. The Morgan fingerprint density at radius 3 is 2.86 bits per heavy atom. The molecule has 5 heteroatoms. The molecule has 0 spiro atoms. The number of nitrogens with zero attached hydrogens (tertiary/aromatic N) is 2. The third kappa shape index (κ3) is 3.30. The zero-order chi connectivity index (χ0) is 15.5. The van der Waals surface area contributed by atoms with Gasteiger partial charge in [0.25, 0.3) is 0 Å². The van der Waals surface area contributed by atoms with Crippen molar-refractivity contribution in [2.75, 3.05) is 5.75 Å². The summed E-state index contributed by atoms with van der Waals surface area (Å²) in [5, 5.41) is 11.6. The van der Waals surface area contributed by atoms with Gasteiger partial charge in [0.05, 0.1) is 5.97 Å². The van der Waals surface area contributed by atoms with E-state index in [-0.39, 0.29) is 5.75 Å². The van der Waals surface area contributed by atoms with Crippen LogP contribution in [0.2, 0.25) is 0 Å². The Morgan fingerprint density at radius 2 is 2.09 bits per heavy atom. The van der Waals surface area contributed by atoms with Gasteiger partial charge in [0, 0.05) is 22.6 Å². The lowest BCUT2D eigenvalue weighted by atomic mass is 9.97. The number of carbonyl (C=O) groups is 1. The molecule has 0 radical (unpaired) electrons. The molecule has 0 aliphatic heterocycles. The molecule has 22 heavy (non-hydrogen) atoms. The first kappa shape index (κ1) is 15.0. The molecule has 0 bridgehead atoms. The summed E-state index contributed by atoms with van der Waals surface area (Å²) in [5.41, 5.74) is 4.32. The van der Waals surface area contributed by atoms with Gasteiger partial charge < -0.3 is 9.90 Å². The molecule has 0 fully saturated rings. The maximum atomic E-state index is 10.8. The average molecular weight is 313 g/mol. The number of aryl methyl sites for hydroxylation is 2. The molecule has 1 aromatic heterocycles. The summed E-state index contributed by atoms with van der Waals surface area (Å²) in [6, 6.07) is 8.07. The number of thioether (sulfide) groups is 1. The molecule has 0 unspecified atom stereocenters. The van der Waals surface area contributed by atoms with Gasteiger partial charge in [0.1, 0.15) is 5.03 Å². The number of aromatic nitrogens is 2. The minimum atomic E-state index is -1.06. The molecule has 1 aliphatic rings. The number of carboxylic acid groups (broad SMARTS) is 1. The van der Waals surface area contributed by atoms with Crippen molar-refractivity contribution in [2.24, 2.45) is 0 Å². The fourth-order valence-electron chi connectivity index (χ4n) is 2.72. The molecule has 114 valence electrons. The third-order valence-electron chi connectivity index (χ3n) is 3.75. The Labute approximate surface area is 134 Å². The monoisotopic (exact) mass is 313 g/mol. The second kappa shape index (κ2) is 6.48. The fraction of sp³-hybridized carbons (Fsp3) is 0.353. The molecule has 0 saturated heterocycles. The van der Waals surface area contributed by atoms with Crippen LogP contribution in [0.15, 0.2) is 29.3 Å². The first-order chi connectivity index (χ1) is 10.6. The lowest BCUT2D eigenvalue weighted by Gasteiger charge is -2.19. The summed E-state index contributed by atoms with van der Waals surface area (Å²) in [7, 11) is 0. The second-order valence-corrected chi connectivity index (χ2v) is 6.48. The van der Waals surface area contributed by atoms with Gasteiger partial charge in [-0.3, -0.25) is 0 Å². The second-order valence-electron chi connectivity index (χ2n) is 5.51. The predicted octanol–water partition coefficient (Wildman–Crippen LogP) is 2.17. The lowest BCUT2D eigenvalue weighted by Crippen LogP contribution is -2.24. The molecule has 0 saturated carbocycles. The fourth-order valence-corrected chi connectivity index (χ4v) is 3.52. The van der Waals surface area contributed by atoms with E-state index in [0.717, 1.165) is 53.1 Å². The van der Waals surface area contributed by atoms with Crippen molar-refractivity contribution in [3.8, 4) is 11.4 Å². The third-order valence-corrected chi connectivity index (χ3v) is 4.74. The van der Waals surface area contributed by atoms with Gasteiger partial charge in [-0.2, -0.15) is 0 Å². The van der Waals surface area contributed by atoms with Crippen molar-refractivity contribution in [1.29, 1.82) is 0 Å². The molecular weight excluding hydrogens is 296 g/mol. The summed E-state index contributed by atoms with van der Waals surface area (Å²) in [4.78, 5) is 20.1. The Bertz CT molecular complexity index is 716. The number of hydrogen-bond donors (Lipinski definition) is 0. The van der Waals surface area contributed by atoms with Gasteiger partial charge in [-0.25, -0.2) is 9.97 Å². The van der Waals surface area contributed by atoms with Gasteiger partial charge in [-0.1, -0.05) is 35.5 Å². The maximum absolute atomic E-state index is 10.8. The van der Waals surface area contributed by atoms with Crippen LogP contribution in [0.4, 0.5) is 0 Å². The van der Waals surface area contributed by atoms with E-state index < -0.39 is 5.97 Å². The number of hydrogen-bond acceptors (Lipinski definition) is 5. The summed E-state index contributed by atoms with van der Waals surface area (Å²) >= 11 is 1.24. The van der Waals surface area contributed by atoms with Crippen LogP contribution in [0.5, 0.6) is 0 Å². The van der Waals surface area contributed by atoms with E-state index in [2.05, 4.69) is 11.1 Å². The van der Waals surface area contributed by atoms with Crippen molar-refractivity contribution >= 4 is 17.7 Å². The average Bonchev–Trinajstić information content (AvgIpc) is 2.52. The van der Waals surface area contributed by atoms with Crippen molar-refractivity contribution in [2.45, 2.75) is 37.6 Å². The Morgan fingerprint density at radius 1 is 1.27 bits per heavy atom. The van der Waals surface area contributed by atoms with Gasteiger partial charge in [0.15, 0.2) is 5.82 Å². The van der Waals surface area contributed by atoms with Crippen LogP contribution in [0, 0.1) is 6.92 Å². The number of rotatable bonds is 4. The number of benzene rings is 1. The summed E-state index contributed by atoms with van der Waals surface area (Å²) in [6.07, 6.45) is 4.11. The quantitative estimate of drug-likeness (QED) is 0.639. The van der Waals surface area contributed by atoms with E-state index in [9.17, 15) is 9.90 Å². The van der Waals surface area contributed by atoms with E-state index in [1.165, 1.54) is 11.8 Å². The molecule has 0 amide bonds. The molecule has 4 nitrogen and oxygen atoms in total. The summed E-state index contributed by atoms with van der Waals surface area (Å²) < 4.78 is 0. The van der Waals surface area contributed by atoms with Crippen LogP contribution in [0.25, 0.3) is 11.4 Å². The molecule has 1 heterocycles. The Hall–Kier alpha value is -1.88. The van der Waals surface area contributed by atoms with Crippen LogP contribution >= 0.6 is 11.8 Å². The predicted molar refractivity (Wildman–Crippen MR) is 84.6 cm³/mol. The highest BCUT2D eigenvalue weighted by atomic mass is 32.2. The van der Waals surface area contributed by atoms with Crippen LogP contribution in [0.3, 0.4) is 0 Å². The number of aliphatic carboxylic acids is 1. The molecule has 3 rings (SSSR count). The molecule has 0 atom stereocenters. The summed E-state index contributed by atoms with van der Waals surface area (Å²) in [5.74, 6) is -0.452. The van der Waals surface area contributed by atoms with Crippen molar-refractivity contribution in [3.63, 3.8) is 0 Å². The zero-order valence-electron chi connectivity index (χ0n) is 12.5. The smallest absolute Gasteiger partial charge is 0.160 e. The zero-order valence-corrected chi connectivity index (χ0v) is 13.3. The SMILES string of the molecule is Cc1cccc(-c2nc3c(c(SCC(=O)[O-])n2)CCCC3)c1. The van der Waals surface area contributed by atoms with Crippen molar-refractivity contribution in [1.82, 2.24) is 9.97 Å². The van der Waals surface area contributed by atoms with Crippen LogP contribution in [-0.2, 0) is 17.6 Å². The van der Waals surface area contributed by atoms with E-state index in [1.54, 1.807) is 0 Å². The van der Waals surface area contributed by atoms with E-state index in [1.807, 2.05) is 25.1 Å². The summed E-state index contributed by atoms with van der Waals surface area (Å²) in [6.45, 7) is 2.04. The van der Waals surface area contributed by atoms with Gasteiger partial charge in [-0.05, 0) is 38.7 Å². The Kier molecular flexibility index (Phi) is 4.43. The number of carboxylic acids is 1. The first-order valence-electron chi connectivity index (χ1n) is 7.43. The molecule has 2 aromatic rings. The van der Waals surface area contributed by atoms with E-state index in [0.29, 0.717) is 5.82 Å². The minimum absolute atomic E-state index is 0.0727. The van der Waals surface area contributed by atoms with E-state index in [4.69, 9.17) is 4.98 Å². The van der Waals surface area contributed by atoms with Crippen LogP contribution < -0.4 is 5.11 Å². The van der Waals surface area contributed by atoms with Crippen LogP contribution in [0.1, 0.15) is 29.7 Å². The first-order valence-corrected chi connectivity index (χ1v) is 8.41. The highest BCUT2D eigenvalue weighted by Crippen LogP contribution is 2.31. The highest BCUT2D eigenvalue weighted by Gasteiger charge is 2.18. The normalized spacial score (nSPS) is 13.7. The largest absolute Gasteiger partial charge is 0.549 e. The standard InChI is InChI=1S/C17H18N2O2S/c1-11-5-4-6-12(9-11)16-18-14-8-3-2-7-13(14)17(19-16)22-10-15(20)21/h4-6,9H,2-3,7-8,10H2,1H3,(H,20,21)/p-1. The number of carbonyl (C=O) groups excluding carboxylic acids is 1. The number of fused-ring (bicyclic) bond motifs is 1. The topological polar surface area (TPSA) is 65.9 Å². The van der Waals surface area contributed by atoms with Crippen molar-refractivity contribution in [3.05, 3.63) is 41.1 Å². The molecular formula is C17H17N2O2S-. The van der Waals surface area contributed by atoms with Gasteiger partial charge in [-0.15, -0.1) is 0 Å². The van der Waals surface area contributed by atoms with E-state index >= 15 is 0 Å². The lowest BCUT2D eigenvalue weighted by molar-refractivity contribution is -0.301. The van der Waals surface area contributed by atoms with Crippen molar-refractivity contribution < 1.29 is 9.90 Å². The van der Waals surface area contributed by atoms with Gasteiger partial charge in [0.2, 0.25) is 0 Å². The molecule has 0 N–H and O–H groups in total. The van der Waals surface area contributed by atoms with Crippen LogP contribution in [-0.4, -0.2) is 21.7 Å². The highest BCUT2D eigenvalue weighted by molar-refractivity contribution is 7.99. The Balaban J connectivity index is 2.04. The maximum Gasteiger partial charge on any atom is 0.160 e. The van der Waals surface area contributed by atoms with Gasteiger partial charge >= 0.3 is 0 Å². The minimum Gasteiger partial charge on any atom is -0.549 e.